The molecule has 3 heteroatoms. The number of imidazole rings is 1. The highest BCUT2D eigenvalue weighted by atomic mass is 15.0. The monoisotopic (exact) mass is 321 g/mol. The van der Waals surface area contributed by atoms with Crippen LogP contribution in [0.4, 0.5) is 0 Å². The van der Waals surface area contributed by atoms with Crippen molar-refractivity contribution in [2.75, 3.05) is 7.05 Å². The van der Waals surface area contributed by atoms with Crippen LogP contribution in [0.3, 0.4) is 0 Å². The Hall–Kier alpha value is -2.39. The van der Waals surface area contributed by atoms with Gasteiger partial charge in [-0.2, -0.15) is 0 Å². The van der Waals surface area contributed by atoms with E-state index in [2.05, 4.69) is 72.4 Å². The largest absolute Gasteiger partial charge is 0.310 e. The Bertz CT molecular complexity index is 685. The fourth-order valence-corrected chi connectivity index (χ4v) is 2.82. The molecule has 2 unspecified atom stereocenters. The summed E-state index contributed by atoms with van der Waals surface area (Å²) in [5.41, 5.74) is 3.51. The topological polar surface area (TPSA) is 29.9 Å². The fourth-order valence-electron chi connectivity index (χ4n) is 2.82. The first-order valence-electron chi connectivity index (χ1n) is 8.36. The summed E-state index contributed by atoms with van der Waals surface area (Å²) < 4.78 is 2.03. The van der Waals surface area contributed by atoms with E-state index in [1.165, 1.54) is 11.3 Å². The van der Waals surface area contributed by atoms with Gasteiger partial charge in [0.1, 0.15) is 0 Å². The number of nitrogens with one attached hydrogen (secondary N) is 1. The summed E-state index contributed by atoms with van der Waals surface area (Å²) in [4.78, 5) is 4.09. The smallest absolute Gasteiger partial charge is 0.0991 e. The van der Waals surface area contributed by atoms with Gasteiger partial charge in [0.05, 0.1) is 12.4 Å². The molecule has 1 aliphatic carbocycles. The second-order valence-electron chi connectivity index (χ2n) is 5.98. The van der Waals surface area contributed by atoms with Gasteiger partial charge in [-0.05, 0) is 44.9 Å². The fraction of sp³-hybridized carbons (Fsp3) is 0.286. The highest BCUT2D eigenvalue weighted by Gasteiger charge is 2.10. The average molecular weight is 321 g/mol. The molecular weight excluding hydrogens is 294 g/mol. The molecule has 1 aromatic rings. The normalized spacial score (nSPS) is 19.9. The van der Waals surface area contributed by atoms with E-state index in [0.29, 0.717) is 5.92 Å². The number of aromatic nitrogens is 2. The molecule has 0 spiro atoms. The molecule has 0 fully saturated rings. The zero-order valence-corrected chi connectivity index (χ0v) is 14.8. The van der Waals surface area contributed by atoms with Crippen molar-refractivity contribution in [3.05, 3.63) is 85.1 Å². The van der Waals surface area contributed by atoms with Crippen LogP contribution in [-0.4, -0.2) is 22.6 Å². The second kappa shape index (κ2) is 9.04. The van der Waals surface area contributed by atoms with Gasteiger partial charge in [0.25, 0.3) is 0 Å². The molecule has 1 N–H and O–H groups in total. The molecular formula is C21H27N3. The van der Waals surface area contributed by atoms with Crippen LogP contribution in [0.1, 0.15) is 20.3 Å². The van der Waals surface area contributed by atoms with Gasteiger partial charge >= 0.3 is 0 Å². The van der Waals surface area contributed by atoms with Crippen molar-refractivity contribution in [3.63, 3.8) is 0 Å². The lowest BCUT2D eigenvalue weighted by Crippen LogP contribution is -2.27. The molecule has 0 saturated heterocycles. The van der Waals surface area contributed by atoms with Crippen LogP contribution in [-0.2, 0) is 0 Å². The maximum atomic E-state index is 4.09. The molecule has 0 bridgehead atoms. The van der Waals surface area contributed by atoms with Crippen LogP contribution in [0.25, 0.3) is 5.70 Å². The van der Waals surface area contributed by atoms with Crippen molar-refractivity contribution in [1.82, 2.24) is 14.9 Å². The molecule has 2 atom stereocenters. The summed E-state index contributed by atoms with van der Waals surface area (Å²) in [5, 5.41) is 3.31. The quantitative estimate of drug-likeness (QED) is 0.591. The van der Waals surface area contributed by atoms with Crippen LogP contribution in [0.15, 0.2) is 85.1 Å². The molecule has 0 saturated carbocycles. The van der Waals surface area contributed by atoms with Gasteiger partial charge in [0, 0.05) is 18.1 Å². The SMILES string of the molecule is C=C(C)C(NC)C(/C=C\C)=C/C=C/C1C=CC(n2ccnc2)=CC1. The lowest BCUT2D eigenvalue weighted by atomic mass is 9.97. The number of hydrogen-bond acceptors (Lipinski definition) is 2. The lowest BCUT2D eigenvalue weighted by Gasteiger charge is -2.17. The Balaban J connectivity index is 2.02. The summed E-state index contributed by atoms with van der Waals surface area (Å²) >= 11 is 0. The third-order valence-electron chi connectivity index (χ3n) is 4.04. The molecule has 24 heavy (non-hydrogen) atoms. The Morgan fingerprint density at radius 1 is 1.50 bits per heavy atom. The molecule has 3 nitrogen and oxygen atoms in total. The van der Waals surface area contributed by atoms with Crippen molar-refractivity contribution < 1.29 is 0 Å². The van der Waals surface area contributed by atoms with E-state index >= 15 is 0 Å². The van der Waals surface area contributed by atoms with E-state index in [1.54, 1.807) is 6.20 Å². The van der Waals surface area contributed by atoms with Gasteiger partial charge in [-0.25, -0.2) is 4.98 Å². The number of likely N-dealkylation sites (N-methyl/N-ethyl adjacent to an activating group) is 1. The lowest BCUT2D eigenvalue weighted by molar-refractivity contribution is 0.730. The summed E-state index contributed by atoms with van der Waals surface area (Å²) in [6.45, 7) is 8.16. The van der Waals surface area contributed by atoms with Gasteiger partial charge in [0.15, 0.2) is 0 Å². The predicted octanol–water partition coefficient (Wildman–Crippen LogP) is 4.52. The third-order valence-corrected chi connectivity index (χ3v) is 4.04. The van der Waals surface area contributed by atoms with E-state index in [4.69, 9.17) is 0 Å². The number of hydrogen-bond donors (Lipinski definition) is 1. The maximum Gasteiger partial charge on any atom is 0.0991 e. The minimum absolute atomic E-state index is 0.181. The minimum Gasteiger partial charge on any atom is -0.310 e. The summed E-state index contributed by atoms with van der Waals surface area (Å²) in [5.74, 6) is 0.429. The zero-order chi connectivity index (χ0) is 17.4. The summed E-state index contributed by atoms with van der Waals surface area (Å²) in [6.07, 6.45) is 24.0. The van der Waals surface area contributed by atoms with Crippen LogP contribution in [0.2, 0.25) is 0 Å². The molecule has 126 valence electrons. The van der Waals surface area contributed by atoms with E-state index in [9.17, 15) is 0 Å². The van der Waals surface area contributed by atoms with Gasteiger partial charge in [0.2, 0.25) is 0 Å². The van der Waals surface area contributed by atoms with E-state index in [-0.39, 0.29) is 6.04 Å². The molecule has 1 aromatic heterocycles. The van der Waals surface area contributed by atoms with E-state index in [0.717, 1.165) is 12.0 Å². The highest BCUT2D eigenvalue weighted by molar-refractivity contribution is 5.58. The van der Waals surface area contributed by atoms with Crippen molar-refractivity contribution in [1.29, 1.82) is 0 Å². The van der Waals surface area contributed by atoms with Gasteiger partial charge < -0.3 is 9.88 Å². The minimum atomic E-state index is 0.181. The first kappa shape index (κ1) is 18.0. The third kappa shape index (κ3) is 4.80. The van der Waals surface area contributed by atoms with Gasteiger partial charge in [-0.3, -0.25) is 0 Å². The molecule has 1 aliphatic rings. The molecule has 1 heterocycles. The first-order chi connectivity index (χ1) is 11.7. The first-order valence-corrected chi connectivity index (χ1v) is 8.36. The molecule has 2 rings (SSSR count). The van der Waals surface area contributed by atoms with Crippen LogP contribution in [0.5, 0.6) is 0 Å². The zero-order valence-electron chi connectivity index (χ0n) is 14.8. The average Bonchev–Trinajstić information content (AvgIpc) is 3.10. The van der Waals surface area contributed by atoms with Crippen LogP contribution >= 0.6 is 0 Å². The Labute approximate surface area is 145 Å². The number of allylic oxidation sites excluding steroid dienone is 8. The van der Waals surface area contributed by atoms with Crippen molar-refractivity contribution in [2.45, 2.75) is 26.3 Å². The Kier molecular flexibility index (Phi) is 6.76. The summed E-state index contributed by atoms with van der Waals surface area (Å²) in [6, 6.07) is 0.181. The van der Waals surface area contributed by atoms with Crippen molar-refractivity contribution in [3.8, 4) is 0 Å². The van der Waals surface area contributed by atoms with Crippen molar-refractivity contribution >= 4 is 5.70 Å². The van der Waals surface area contributed by atoms with E-state index in [1.807, 2.05) is 31.1 Å². The highest BCUT2D eigenvalue weighted by Crippen LogP contribution is 2.21. The van der Waals surface area contributed by atoms with Gasteiger partial charge in [-0.15, -0.1) is 0 Å². The number of rotatable bonds is 7. The van der Waals surface area contributed by atoms with Crippen LogP contribution in [0, 0.1) is 5.92 Å². The molecule has 0 aliphatic heterocycles. The molecule has 0 amide bonds. The Morgan fingerprint density at radius 2 is 2.33 bits per heavy atom. The van der Waals surface area contributed by atoms with Gasteiger partial charge in [-0.1, -0.05) is 54.7 Å². The molecule has 0 radical (unpaired) electrons. The van der Waals surface area contributed by atoms with Crippen molar-refractivity contribution in [2.24, 2.45) is 5.92 Å². The standard InChI is InChI=1S/C21H27N3/c1-5-7-19(21(22-4)17(2)3)9-6-8-18-10-12-20(13-11-18)24-15-14-23-16-24/h5-10,12-16,18,21-22H,2,11H2,1,3-4H3/b7-5-,8-6+,19-9+. The summed E-state index contributed by atoms with van der Waals surface area (Å²) in [7, 11) is 1.96. The Morgan fingerprint density at radius 3 is 2.88 bits per heavy atom. The van der Waals surface area contributed by atoms with E-state index < -0.39 is 0 Å². The number of nitrogens with zero attached hydrogens (tertiary/aromatic N) is 2. The maximum absolute atomic E-state index is 4.09. The predicted molar refractivity (Wildman–Crippen MR) is 103 cm³/mol. The van der Waals surface area contributed by atoms with Crippen LogP contribution < -0.4 is 5.32 Å². The second-order valence-corrected chi connectivity index (χ2v) is 5.98. The molecule has 0 aromatic carbocycles.